The van der Waals surface area contributed by atoms with Crippen LogP contribution in [0.2, 0.25) is 10.0 Å². The minimum Gasteiger partial charge on any atom is -0.454 e. The molecule has 1 aliphatic rings. The van der Waals surface area contributed by atoms with E-state index in [0.717, 1.165) is 17.7 Å². The van der Waals surface area contributed by atoms with Crippen molar-refractivity contribution in [2.45, 2.75) is 13.0 Å². The number of benzene rings is 3. The van der Waals surface area contributed by atoms with E-state index in [-0.39, 0.29) is 39.8 Å². The first-order chi connectivity index (χ1) is 14.8. The molecule has 31 heavy (non-hydrogen) atoms. The fraction of sp³-hybridized carbons (Fsp3) is 0.136. The quantitative estimate of drug-likeness (QED) is 0.344. The molecule has 1 aliphatic heterocycles. The molecule has 3 aromatic carbocycles. The molecule has 0 radical (unpaired) electrons. The Balaban J connectivity index is 1.55. The molecule has 158 valence electrons. The van der Waals surface area contributed by atoms with Gasteiger partial charge in [0.25, 0.3) is 11.6 Å². The van der Waals surface area contributed by atoms with Gasteiger partial charge in [-0.15, -0.1) is 0 Å². The van der Waals surface area contributed by atoms with Gasteiger partial charge in [-0.25, -0.2) is 4.39 Å². The number of hydrogen-bond acceptors (Lipinski definition) is 4. The van der Waals surface area contributed by atoms with Crippen LogP contribution in [0.4, 0.5) is 10.1 Å². The third-order valence-corrected chi connectivity index (χ3v) is 5.54. The zero-order chi connectivity index (χ0) is 22.1. The Bertz CT molecular complexity index is 1180. The number of rotatable bonds is 5. The molecule has 1 heterocycles. The molecule has 0 N–H and O–H groups in total. The van der Waals surface area contributed by atoms with E-state index in [9.17, 15) is 19.3 Å². The number of nitro groups is 1. The predicted octanol–water partition coefficient (Wildman–Crippen LogP) is 6.03. The minimum atomic E-state index is -0.598. The fourth-order valence-corrected chi connectivity index (χ4v) is 3.98. The highest BCUT2D eigenvalue weighted by molar-refractivity contribution is 6.37. The van der Waals surface area contributed by atoms with Gasteiger partial charge in [0.2, 0.25) is 0 Å². The van der Waals surface area contributed by atoms with Crippen LogP contribution in [0.25, 0.3) is 0 Å². The van der Waals surface area contributed by atoms with E-state index in [2.05, 4.69) is 0 Å². The monoisotopic (exact) mass is 460 g/mol. The molecule has 0 aliphatic carbocycles. The van der Waals surface area contributed by atoms with Crippen LogP contribution < -0.4 is 4.74 Å². The maximum atomic E-state index is 13.9. The minimum absolute atomic E-state index is 0.00376. The molecule has 6 nitrogen and oxygen atoms in total. The highest BCUT2D eigenvalue weighted by atomic mass is 35.5. The molecule has 0 fully saturated rings. The van der Waals surface area contributed by atoms with Gasteiger partial charge < -0.3 is 9.64 Å². The molecular formula is C22H15Cl2FN2O4. The van der Waals surface area contributed by atoms with Crippen molar-refractivity contribution in [2.75, 3.05) is 6.54 Å². The van der Waals surface area contributed by atoms with Gasteiger partial charge in [0.05, 0.1) is 15.0 Å². The number of nitrogens with zero attached hydrogens (tertiary/aromatic N) is 2. The maximum Gasteiger partial charge on any atom is 0.272 e. The van der Waals surface area contributed by atoms with Crippen LogP contribution in [0.1, 0.15) is 21.5 Å². The van der Waals surface area contributed by atoms with Crippen molar-refractivity contribution >= 4 is 34.8 Å². The zero-order valence-corrected chi connectivity index (χ0v) is 17.5. The lowest BCUT2D eigenvalue weighted by Crippen LogP contribution is -2.37. The van der Waals surface area contributed by atoms with E-state index < -0.39 is 4.92 Å². The molecule has 0 bridgehead atoms. The number of nitro benzene ring substituents is 1. The number of amides is 1. The van der Waals surface area contributed by atoms with Gasteiger partial charge in [0.1, 0.15) is 11.6 Å². The number of non-ortho nitro benzene ring substituents is 1. The van der Waals surface area contributed by atoms with Crippen LogP contribution in [0.15, 0.2) is 54.6 Å². The van der Waals surface area contributed by atoms with Gasteiger partial charge in [-0.3, -0.25) is 14.9 Å². The van der Waals surface area contributed by atoms with E-state index in [1.807, 2.05) is 0 Å². The van der Waals surface area contributed by atoms with E-state index in [1.54, 1.807) is 41.3 Å². The molecule has 3 aromatic rings. The van der Waals surface area contributed by atoms with Crippen molar-refractivity contribution in [3.8, 4) is 11.5 Å². The normalized spacial score (nSPS) is 13.1. The molecule has 0 saturated heterocycles. The summed E-state index contributed by atoms with van der Waals surface area (Å²) in [5.41, 5.74) is 1.51. The third-order valence-electron chi connectivity index (χ3n) is 4.98. The Morgan fingerprint density at radius 1 is 1.10 bits per heavy atom. The van der Waals surface area contributed by atoms with E-state index in [1.165, 1.54) is 6.07 Å². The highest BCUT2D eigenvalue weighted by Crippen LogP contribution is 2.40. The van der Waals surface area contributed by atoms with Crippen molar-refractivity contribution in [1.29, 1.82) is 0 Å². The predicted molar refractivity (Wildman–Crippen MR) is 114 cm³/mol. The van der Waals surface area contributed by atoms with Gasteiger partial charge in [-0.2, -0.15) is 0 Å². The number of hydrogen-bond donors (Lipinski definition) is 0. The van der Waals surface area contributed by atoms with Gasteiger partial charge >= 0.3 is 0 Å². The van der Waals surface area contributed by atoms with Crippen molar-refractivity contribution < 1.29 is 18.8 Å². The average molecular weight is 461 g/mol. The standard InChI is InChI=1S/C22H15Cl2FN2O4/c23-18-10-15(27(29)30)11-19(24)21(18)31-16-5-6-17-13(9-16)7-8-26(22(17)28)12-14-3-1-2-4-20(14)25/h1-6,9-11H,7-8,12H2. The van der Waals surface area contributed by atoms with Crippen molar-refractivity contribution in [3.63, 3.8) is 0 Å². The molecule has 0 aromatic heterocycles. The third kappa shape index (κ3) is 4.33. The second-order valence-corrected chi connectivity index (χ2v) is 7.80. The fourth-order valence-electron chi connectivity index (χ4n) is 3.43. The van der Waals surface area contributed by atoms with Crippen LogP contribution in [-0.4, -0.2) is 22.3 Å². The van der Waals surface area contributed by atoms with Crippen LogP contribution in [0.3, 0.4) is 0 Å². The molecule has 4 rings (SSSR count). The Morgan fingerprint density at radius 3 is 2.48 bits per heavy atom. The smallest absolute Gasteiger partial charge is 0.272 e. The average Bonchev–Trinajstić information content (AvgIpc) is 2.74. The molecule has 0 saturated carbocycles. The zero-order valence-electron chi connectivity index (χ0n) is 16.0. The first kappa shape index (κ1) is 21.1. The van der Waals surface area contributed by atoms with Gasteiger partial charge in [0, 0.05) is 36.3 Å². The summed E-state index contributed by atoms with van der Waals surface area (Å²) in [6.45, 7) is 0.625. The van der Waals surface area contributed by atoms with Crippen LogP contribution in [-0.2, 0) is 13.0 Å². The van der Waals surface area contributed by atoms with Gasteiger partial charge in [0.15, 0.2) is 5.75 Å². The SMILES string of the molecule is O=C1c2ccc(Oc3c(Cl)cc([N+](=O)[O-])cc3Cl)cc2CCN1Cc1ccccc1F. The van der Waals surface area contributed by atoms with Crippen LogP contribution in [0.5, 0.6) is 11.5 Å². The Hall–Kier alpha value is -3.16. The number of carbonyl (C=O) groups is 1. The topological polar surface area (TPSA) is 72.7 Å². The maximum absolute atomic E-state index is 13.9. The van der Waals surface area contributed by atoms with Crippen molar-refractivity contribution in [2.24, 2.45) is 0 Å². The van der Waals surface area contributed by atoms with Crippen LogP contribution >= 0.6 is 23.2 Å². The molecule has 0 spiro atoms. The summed E-state index contributed by atoms with van der Waals surface area (Å²) < 4.78 is 19.7. The number of carbonyl (C=O) groups excluding carboxylic acids is 1. The van der Waals surface area contributed by atoms with Crippen molar-refractivity contribution in [3.05, 3.63) is 97.3 Å². The summed E-state index contributed by atoms with van der Waals surface area (Å²) in [6, 6.07) is 13.6. The summed E-state index contributed by atoms with van der Waals surface area (Å²) in [7, 11) is 0. The number of fused-ring (bicyclic) bond motifs is 1. The van der Waals surface area contributed by atoms with E-state index >= 15 is 0 Å². The summed E-state index contributed by atoms with van der Waals surface area (Å²) in [6.07, 6.45) is 0.564. The lowest BCUT2D eigenvalue weighted by Gasteiger charge is -2.29. The lowest BCUT2D eigenvalue weighted by molar-refractivity contribution is -0.384. The lowest BCUT2D eigenvalue weighted by atomic mass is 9.98. The Kier molecular flexibility index (Phi) is 5.80. The molecule has 0 atom stereocenters. The Labute approximate surface area is 186 Å². The highest BCUT2D eigenvalue weighted by Gasteiger charge is 2.26. The molecule has 9 heteroatoms. The number of halogens is 3. The van der Waals surface area contributed by atoms with Gasteiger partial charge in [-0.05, 0) is 36.2 Å². The second kappa shape index (κ2) is 8.53. The van der Waals surface area contributed by atoms with Gasteiger partial charge in [-0.1, -0.05) is 41.4 Å². The largest absolute Gasteiger partial charge is 0.454 e. The van der Waals surface area contributed by atoms with Crippen LogP contribution in [0, 0.1) is 15.9 Å². The summed E-state index contributed by atoms with van der Waals surface area (Å²) >= 11 is 12.2. The first-order valence-corrected chi connectivity index (χ1v) is 10.1. The van der Waals surface area contributed by atoms with E-state index in [4.69, 9.17) is 27.9 Å². The second-order valence-electron chi connectivity index (χ2n) is 6.98. The summed E-state index contributed by atoms with van der Waals surface area (Å²) in [4.78, 5) is 24.8. The molecular weight excluding hydrogens is 446 g/mol. The number of ether oxygens (including phenoxy) is 1. The molecule has 1 amide bonds. The first-order valence-electron chi connectivity index (χ1n) is 9.30. The summed E-state index contributed by atoms with van der Waals surface area (Å²) in [5.74, 6) is -0.0480. The van der Waals surface area contributed by atoms with Crippen molar-refractivity contribution in [1.82, 2.24) is 4.90 Å². The Morgan fingerprint density at radius 2 is 1.81 bits per heavy atom. The van der Waals surface area contributed by atoms with E-state index in [0.29, 0.717) is 29.8 Å². The summed E-state index contributed by atoms with van der Waals surface area (Å²) in [5, 5.41) is 10.9. The molecule has 0 unspecified atom stereocenters.